The monoisotopic (exact) mass is 241 g/mol. The van der Waals surface area contributed by atoms with Gasteiger partial charge in [0.1, 0.15) is 5.76 Å². The van der Waals surface area contributed by atoms with Crippen LogP contribution in [-0.2, 0) is 16.0 Å². The van der Waals surface area contributed by atoms with E-state index in [4.69, 9.17) is 9.15 Å². The fraction of sp³-hybridized carbons (Fsp3) is 0.583. The van der Waals surface area contributed by atoms with Crippen LogP contribution in [0.2, 0.25) is 0 Å². The van der Waals surface area contributed by atoms with E-state index in [1.165, 1.54) is 7.11 Å². The molecule has 0 spiro atoms. The molecule has 0 aromatic carbocycles. The van der Waals surface area contributed by atoms with Crippen molar-refractivity contribution < 1.29 is 18.7 Å². The lowest BCUT2D eigenvalue weighted by atomic mass is 10.3. The Balaban J connectivity index is 2.19. The Kier molecular flexibility index (Phi) is 6.35. The van der Waals surface area contributed by atoms with Gasteiger partial charge in [-0.05, 0) is 31.5 Å². The van der Waals surface area contributed by atoms with Crippen LogP contribution in [0, 0.1) is 0 Å². The molecule has 1 N–H and O–H groups in total. The van der Waals surface area contributed by atoms with E-state index < -0.39 is 5.97 Å². The normalized spacial score (nSPS) is 10.5. The molecule has 17 heavy (non-hydrogen) atoms. The Morgan fingerprint density at radius 1 is 1.35 bits per heavy atom. The van der Waals surface area contributed by atoms with Crippen LogP contribution in [-0.4, -0.2) is 33.3 Å². The minimum absolute atomic E-state index is 0.240. The Morgan fingerprint density at radius 3 is 2.88 bits per heavy atom. The van der Waals surface area contributed by atoms with Crippen molar-refractivity contribution in [3.8, 4) is 0 Å². The van der Waals surface area contributed by atoms with Gasteiger partial charge < -0.3 is 19.2 Å². The van der Waals surface area contributed by atoms with Gasteiger partial charge >= 0.3 is 5.97 Å². The molecule has 0 amide bonds. The van der Waals surface area contributed by atoms with Crippen molar-refractivity contribution in [2.24, 2.45) is 0 Å². The largest absolute Gasteiger partial charge is 0.463 e. The van der Waals surface area contributed by atoms with Crippen molar-refractivity contribution >= 4 is 5.97 Å². The highest BCUT2D eigenvalue weighted by Gasteiger charge is 2.10. The maximum atomic E-state index is 11.1. The molecule has 1 aromatic rings. The predicted octanol–water partition coefficient (Wildman–Crippen LogP) is 1.58. The summed E-state index contributed by atoms with van der Waals surface area (Å²) in [6, 6.07) is 3.39. The number of methoxy groups -OCH3 is 2. The number of ether oxygens (including phenoxy) is 2. The van der Waals surface area contributed by atoms with Gasteiger partial charge in [-0.1, -0.05) is 0 Å². The molecule has 0 aliphatic heterocycles. The van der Waals surface area contributed by atoms with Gasteiger partial charge in [0.25, 0.3) is 0 Å². The third-order valence-electron chi connectivity index (χ3n) is 2.30. The second-order valence-corrected chi connectivity index (χ2v) is 3.63. The summed E-state index contributed by atoms with van der Waals surface area (Å²) in [5.41, 5.74) is 0. The van der Waals surface area contributed by atoms with Crippen LogP contribution in [0.1, 0.15) is 29.2 Å². The van der Waals surface area contributed by atoms with Crippen LogP contribution in [0.5, 0.6) is 0 Å². The summed E-state index contributed by atoms with van der Waals surface area (Å²) in [7, 11) is 3.03. The fourth-order valence-corrected chi connectivity index (χ4v) is 1.39. The molecule has 0 aliphatic carbocycles. The Labute approximate surface area is 101 Å². The summed E-state index contributed by atoms with van der Waals surface area (Å²) in [5, 5.41) is 3.23. The van der Waals surface area contributed by atoms with Gasteiger partial charge in [-0.2, -0.15) is 0 Å². The van der Waals surface area contributed by atoms with Gasteiger partial charge in [0.15, 0.2) is 0 Å². The van der Waals surface area contributed by atoms with Gasteiger partial charge in [0.05, 0.1) is 13.7 Å². The summed E-state index contributed by atoms with van der Waals surface area (Å²) >= 11 is 0. The second-order valence-electron chi connectivity index (χ2n) is 3.63. The topological polar surface area (TPSA) is 60.7 Å². The highest BCUT2D eigenvalue weighted by molar-refractivity contribution is 5.86. The molecular weight excluding hydrogens is 222 g/mol. The summed E-state index contributed by atoms with van der Waals surface area (Å²) in [6.07, 6.45) is 2.09. The second kappa shape index (κ2) is 7.86. The minimum Gasteiger partial charge on any atom is -0.463 e. The average Bonchev–Trinajstić information content (AvgIpc) is 2.81. The molecule has 96 valence electrons. The van der Waals surface area contributed by atoms with Crippen molar-refractivity contribution in [3.63, 3.8) is 0 Å². The zero-order valence-electron chi connectivity index (χ0n) is 10.3. The number of hydrogen-bond acceptors (Lipinski definition) is 5. The highest BCUT2D eigenvalue weighted by Crippen LogP contribution is 2.08. The summed E-state index contributed by atoms with van der Waals surface area (Å²) in [6.45, 7) is 2.30. The van der Waals surface area contributed by atoms with E-state index in [0.29, 0.717) is 6.54 Å². The van der Waals surface area contributed by atoms with Crippen LogP contribution in [0.3, 0.4) is 0 Å². The van der Waals surface area contributed by atoms with Crippen molar-refractivity contribution in [1.29, 1.82) is 0 Å². The zero-order chi connectivity index (χ0) is 12.5. The number of carbonyl (C=O) groups excluding carboxylic acids is 1. The quantitative estimate of drug-likeness (QED) is 0.553. The van der Waals surface area contributed by atoms with Crippen molar-refractivity contribution in [2.45, 2.75) is 19.4 Å². The molecule has 0 unspecified atom stereocenters. The first-order valence-corrected chi connectivity index (χ1v) is 5.64. The lowest BCUT2D eigenvalue weighted by Gasteiger charge is -2.02. The average molecular weight is 241 g/mol. The Morgan fingerprint density at radius 2 is 2.18 bits per heavy atom. The molecular formula is C12H19NO4. The molecule has 1 heterocycles. The SMILES string of the molecule is COCCCCNCc1ccc(C(=O)OC)o1. The van der Waals surface area contributed by atoms with Gasteiger partial charge in [-0.25, -0.2) is 4.79 Å². The maximum Gasteiger partial charge on any atom is 0.373 e. The van der Waals surface area contributed by atoms with E-state index >= 15 is 0 Å². The van der Waals surface area contributed by atoms with E-state index in [2.05, 4.69) is 10.1 Å². The number of esters is 1. The van der Waals surface area contributed by atoms with Crippen LogP contribution in [0.15, 0.2) is 16.5 Å². The van der Waals surface area contributed by atoms with Gasteiger partial charge in [0.2, 0.25) is 5.76 Å². The first kappa shape index (κ1) is 13.7. The first-order valence-electron chi connectivity index (χ1n) is 5.64. The van der Waals surface area contributed by atoms with Crippen LogP contribution in [0.4, 0.5) is 0 Å². The molecule has 5 nitrogen and oxygen atoms in total. The third kappa shape index (κ3) is 5.01. The summed E-state index contributed by atoms with van der Waals surface area (Å²) in [5.74, 6) is 0.525. The molecule has 0 atom stereocenters. The number of unbranched alkanes of at least 4 members (excludes halogenated alkanes) is 1. The van der Waals surface area contributed by atoms with Crippen molar-refractivity contribution in [3.05, 3.63) is 23.7 Å². The number of carbonyl (C=O) groups is 1. The fourth-order valence-electron chi connectivity index (χ4n) is 1.39. The molecule has 0 radical (unpaired) electrons. The Hall–Kier alpha value is -1.33. The summed E-state index contributed by atoms with van der Waals surface area (Å²) in [4.78, 5) is 11.1. The number of nitrogens with one attached hydrogen (secondary N) is 1. The zero-order valence-corrected chi connectivity index (χ0v) is 10.3. The van der Waals surface area contributed by atoms with Gasteiger partial charge in [-0.3, -0.25) is 0 Å². The van der Waals surface area contributed by atoms with Crippen molar-refractivity contribution in [1.82, 2.24) is 5.32 Å². The number of rotatable bonds is 8. The molecule has 0 saturated carbocycles. The lowest BCUT2D eigenvalue weighted by molar-refractivity contribution is 0.0563. The van der Waals surface area contributed by atoms with E-state index in [1.807, 2.05) is 0 Å². The molecule has 5 heteroatoms. The minimum atomic E-state index is -0.448. The first-order chi connectivity index (χ1) is 8.27. The van der Waals surface area contributed by atoms with Gasteiger partial charge in [-0.15, -0.1) is 0 Å². The highest BCUT2D eigenvalue weighted by atomic mass is 16.5. The number of hydrogen-bond donors (Lipinski definition) is 1. The number of furan rings is 1. The molecule has 0 saturated heterocycles. The van der Waals surface area contributed by atoms with E-state index in [0.717, 1.165) is 31.8 Å². The van der Waals surface area contributed by atoms with E-state index in [1.54, 1.807) is 19.2 Å². The van der Waals surface area contributed by atoms with Gasteiger partial charge in [0, 0.05) is 13.7 Å². The Bertz CT molecular complexity index is 335. The molecule has 0 fully saturated rings. The van der Waals surface area contributed by atoms with Crippen LogP contribution >= 0.6 is 0 Å². The summed E-state index contributed by atoms with van der Waals surface area (Å²) < 4.78 is 14.8. The van der Waals surface area contributed by atoms with E-state index in [-0.39, 0.29) is 5.76 Å². The van der Waals surface area contributed by atoms with E-state index in [9.17, 15) is 4.79 Å². The van der Waals surface area contributed by atoms with Crippen molar-refractivity contribution in [2.75, 3.05) is 27.4 Å². The molecule has 0 bridgehead atoms. The third-order valence-corrected chi connectivity index (χ3v) is 2.30. The molecule has 0 aliphatic rings. The standard InChI is InChI=1S/C12H19NO4/c1-15-8-4-3-7-13-9-10-5-6-11(17-10)12(14)16-2/h5-6,13H,3-4,7-9H2,1-2H3. The molecule has 1 rings (SSSR count). The smallest absolute Gasteiger partial charge is 0.373 e. The lowest BCUT2D eigenvalue weighted by Crippen LogP contribution is -2.14. The van der Waals surface area contributed by atoms with Crippen LogP contribution in [0.25, 0.3) is 0 Å². The van der Waals surface area contributed by atoms with Crippen LogP contribution < -0.4 is 5.32 Å². The predicted molar refractivity (Wildman–Crippen MR) is 62.9 cm³/mol. The maximum absolute atomic E-state index is 11.1. The molecule has 1 aromatic heterocycles.